The quantitative estimate of drug-likeness (QED) is 0.339. The van der Waals surface area contributed by atoms with Gasteiger partial charge in [0.15, 0.2) is 5.75 Å². The van der Waals surface area contributed by atoms with Crippen LogP contribution in [0.5, 0.6) is 5.75 Å². The van der Waals surface area contributed by atoms with Crippen LogP contribution in [0.1, 0.15) is 29.5 Å². The van der Waals surface area contributed by atoms with E-state index in [9.17, 15) is 19.6 Å². The fourth-order valence-corrected chi connectivity index (χ4v) is 5.38. The molecule has 2 amide bonds. The number of methoxy groups -OCH3 is 1. The van der Waals surface area contributed by atoms with E-state index in [4.69, 9.17) is 32.7 Å². The van der Waals surface area contributed by atoms with Crippen LogP contribution in [-0.2, 0) is 19.1 Å². The minimum atomic E-state index is -1.36. The second-order valence-corrected chi connectivity index (χ2v) is 10.0. The molecule has 1 aliphatic heterocycles. The van der Waals surface area contributed by atoms with Gasteiger partial charge >= 0.3 is 5.97 Å². The lowest BCUT2D eigenvalue weighted by atomic mass is 9.78. The van der Waals surface area contributed by atoms with Crippen LogP contribution in [-0.4, -0.2) is 37.3 Å². The van der Waals surface area contributed by atoms with Crippen LogP contribution in [0.4, 0.5) is 5.69 Å². The van der Waals surface area contributed by atoms with Crippen LogP contribution in [0.2, 0.25) is 10.0 Å². The van der Waals surface area contributed by atoms with E-state index in [1.807, 2.05) is 32.0 Å². The first-order valence-electron chi connectivity index (χ1n) is 11.3. The van der Waals surface area contributed by atoms with Gasteiger partial charge in [0, 0.05) is 11.6 Å². The highest BCUT2D eigenvalue weighted by atomic mass is 35.5. The molecule has 0 aliphatic carbocycles. The van der Waals surface area contributed by atoms with Crippen molar-refractivity contribution in [2.24, 2.45) is 5.92 Å². The van der Waals surface area contributed by atoms with E-state index in [1.54, 1.807) is 6.92 Å². The van der Waals surface area contributed by atoms with Crippen molar-refractivity contribution in [1.82, 2.24) is 5.32 Å². The monoisotopic (exact) mass is 561 g/mol. The lowest BCUT2D eigenvalue weighted by molar-refractivity contribution is -0.150. The van der Waals surface area contributed by atoms with Crippen molar-refractivity contribution in [3.63, 3.8) is 0 Å². The SMILES string of the molecule is CCOc1c(Cl)cc([C@H]2C(C#N)=C(SCC(=O)Nc3cc(C)ccc3C)NC(=O)[C@@H]2C(=O)OC)cc1Cl. The Kier molecular flexibility index (Phi) is 9.49. The zero-order valence-corrected chi connectivity index (χ0v) is 22.9. The van der Waals surface area contributed by atoms with Crippen LogP contribution in [0, 0.1) is 31.1 Å². The van der Waals surface area contributed by atoms with Crippen molar-refractivity contribution in [3.05, 3.63) is 67.7 Å². The third kappa shape index (κ3) is 6.39. The van der Waals surface area contributed by atoms with Gasteiger partial charge < -0.3 is 20.1 Å². The molecule has 0 aromatic heterocycles. The Labute approximate surface area is 229 Å². The van der Waals surface area contributed by atoms with Crippen molar-refractivity contribution >= 4 is 58.4 Å². The summed E-state index contributed by atoms with van der Waals surface area (Å²) >= 11 is 13.7. The number of ether oxygens (including phenoxy) is 2. The van der Waals surface area contributed by atoms with Crippen LogP contribution < -0.4 is 15.4 Å². The maximum atomic E-state index is 13.0. The molecule has 0 spiro atoms. The van der Waals surface area contributed by atoms with Crippen molar-refractivity contribution in [1.29, 1.82) is 5.26 Å². The van der Waals surface area contributed by atoms with Gasteiger partial charge in [-0.15, -0.1) is 0 Å². The molecule has 2 atom stereocenters. The number of hydrogen-bond acceptors (Lipinski definition) is 7. The summed E-state index contributed by atoms with van der Waals surface area (Å²) in [5.41, 5.74) is 3.01. The molecule has 0 saturated heterocycles. The Balaban J connectivity index is 1.97. The summed E-state index contributed by atoms with van der Waals surface area (Å²) in [6.45, 7) is 5.90. The molecule has 2 aromatic carbocycles. The minimum absolute atomic E-state index is 0.0795. The molecule has 2 aromatic rings. The number of amides is 2. The highest BCUT2D eigenvalue weighted by Gasteiger charge is 2.44. The van der Waals surface area contributed by atoms with Gasteiger partial charge in [-0.25, -0.2) is 0 Å². The number of nitrogens with zero attached hydrogens (tertiary/aromatic N) is 1. The van der Waals surface area contributed by atoms with Crippen LogP contribution in [0.15, 0.2) is 40.9 Å². The number of hydrogen-bond donors (Lipinski definition) is 2. The summed E-state index contributed by atoms with van der Waals surface area (Å²) in [7, 11) is 1.16. The van der Waals surface area contributed by atoms with E-state index < -0.39 is 23.7 Å². The van der Waals surface area contributed by atoms with Gasteiger partial charge in [-0.1, -0.05) is 47.1 Å². The van der Waals surface area contributed by atoms with Crippen molar-refractivity contribution in [2.75, 3.05) is 24.8 Å². The second kappa shape index (κ2) is 12.4. The Morgan fingerprint density at radius 2 is 1.86 bits per heavy atom. The predicted octanol–water partition coefficient (Wildman–Crippen LogP) is 5.12. The molecule has 3 rings (SSSR count). The largest absolute Gasteiger partial charge is 0.491 e. The Morgan fingerprint density at radius 3 is 2.46 bits per heavy atom. The van der Waals surface area contributed by atoms with Crippen LogP contribution >= 0.6 is 35.0 Å². The maximum Gasteiger partial charge on any atom is 0.319 e. The highest BCUT2D eigenvalue weighted by Crippen LogP contribution is 2.44. The Bertz CT molecular complexity index is 1300. The molecule has 0 bridgehead atoms. The van der Waals surface area contributed by atoms with Gasteiger partial charge in [0.25, 0.3) is 0 Å². The van der Waals surface area contributed by atoms with Gasteiger partial charge in [0.2, 0.25) is 11.8 Å². The smallest absolute Gasteiger partial charge is 0.319 e. The standard InChI is InChI=1S/C26H25Cl2N3O5S/c1-5-36-23-17(27)9-15(10-18(23)28)21-16(11-29)25(31-24(33)22(21)26(34)35-4)37-12-20(32)30-19-8-13(2)6-7-14(19)3/h6-10,21-22H,5,12H2,1-4H3,(H,30,32)(H,31,33)/t21-,22+/m0/s1. The molecule has 0 radical (unpaired) electrons. The molecule has 1 heterocycles. The number of carbonyl (C=O) groups excluding carboxylic acids is 3. The van der Waals surface area contributed by atoms with E-state index in [-0.39, 0.29) is 38.1 Å². The molecule has 0 unspecified atom stereocenters. The van der Waals surface area contributed by atoms with Crippen LogP contribution in [0.25, 0.3) is 0 Å². The second-order valence-electron chi connectivity index (χ2n) is 8.22. The fraction of sp³-hybridized carbons (Fsp3) is 0.308. The Hall–Kier alpha value is -3.19. The topological polar surface area (TPSA) is 118 Å². The number of esters is 1. The molecule has 8 nitrogen and oxygen atoms in total. The van der Waals surface area contributed by atoms with E-state index in [0.717, 1.165) is 30.0 Å². The number of carbonyl (C=O) groups is 3. The summed E-state index contributed by atoms with van der Waals surface area (Å²) in [5.74, 6) is -4.06. The van der Waals surface area contributed by atoms with Gasteiger partial charge in [-0.05, 0) is 55.7 Å². The maximum absolute atomic E-state index is 13.0. The number of anilines is 1. The van der Waals surface area contributed by atoms with Gasteiger partial charge in [0.1, 0.15) is 5.92 Å². The molecule has 2 N–H and O–H groups in total. The van der Waals surface area contributed by atoms with E-state index >= 15 is 0 Å². The lowest BCUT2D eigenvalue weighted by Gasteiger charge is -2.31. The fourth-order valence-electron chi connectivity index (χ4n) is 3.92. The zero-order valence-electron chi connectivity index (χ0n) is 20.6. The summed E-state index contributed by atoms with van der Waals surface area (Å²) in [6, 6.07) is 10.8. The summed E-state index contributed by atoms with van der Waals surface area (Å²) in [6.07, 6.45) is 0. The first-order valence-corrected chi connectivity index (χ1v) is 13.0. The zero-order chi connectivity index (χ0) is 27.3. The van der Waals surface area contributed by atoms with Gasteiger partial charge in [-0.3, -0.25) is 14.4 Å². The third-order valence-corrected chi connectivity index (χ3v) is 7.25. The van der Waals surface area contributed by atoms with Crippen molar-refractivity contribution in [3.8, 4) is 11.8 Å². The molecular weight excluding hydrogens is 537 g/mol. The number of benzene rings is 2. The lowest BCUT2D eigenvalue weighted by Crippen LogP contribution is -2.44. The number of allylic oxidation sites excluding steroid dienone is 1. The average Bonchev–Trinajstić information content (AvgIpc) is 2.86. The van der Waals surface area contributed by atoms with E-state index in [1.165, 1.54) is 12.1 Å². The van der Waals surface area contributed by atoms with Gasteiger partial charge in [0.05, 0.1) is 46.2 Å². The number of thioether (sulfide) groups is 1. The summed E-state index contributed by atoms with van der Waals surface area (Å²) in [5, 5.41) is 16.0. The average molecular weight is 562 g/mol. The summed E-state index contributed by atoms with van der Waals surface area (Å²) < 4.78 is 10.3. The molecule has 1 aliphatic rings. The molecule has 0 saturated carbocycles. The Morgan fingerprint density at radius 1 is 1.19 bits per heavy atom. The normalized spacial score (nSPS) is 17.1. The number of rotatable bonds is 8. The van der Waals surface area contributed by atoms with Gasteiger partial charge in [-0.2, -0.15) is 5.26 Å². The van der Waals surface area contributed by atoms with E-state index in [0.29, 0.717) is 17.9 Å². The first-order chi connectivity index (χ1) is 17.6. The minimum Gasteiger partial charge on any atom is -0.491 e. The molecule has 194 valence electrons. The molecule has 0 fully saturated rings. The number of halogens is 2. The third-order valence-electron chi connectivity index (χ3n) is 5.67. The highest BCUT2D eigenvalue weighted by molar-refractivity contribution is 8.03. The number of nitrogens with one attached hydrogen (secondary N) is 2. The van der Waals surface area contributed by atoms with Crippen molar-refractivity contribution < 1.29 is 23.9 Å². The van der Waals surface area contributed by atoms with Crippen molar-refractivity contribution in [2.45, 2.75) is 26.7 Å². The first kappa shape index (κ1) is 28.4. The number of aryl methyl sites for hydroxylation is 2. The molecule has 37 heavy (non-hydrogen) atoms. The molecule has 11 heteroatoms. The molecular formula is C26H25Cl2N3O5S. The van der Waals surface area contributed by atoms with E-state index in [2.05, 4.69) is 16.7 Å². The summed E-state index contributed by atoms with van der Waals surface area (Å²) in [4.78, 5) is 38.3. The predicted molar refractivity (Wildman–Crippen MR) is 144 cm³/mol. The van der Waals surface area contributed by atoms with Crippen LogP contribution in [0.3, 0.4) is 0 Å². The number of nitriles is 1.